The molecule has 0 atom stereocenters. The highest BCUT2D eigenvalue weighted by atomic mass is 32.2. The molecule has 0 unspecified atom stereocenters. The number of benzene rings is 1. The van der Waals surface area contributed by atoms with Crippen LogP contribution in [0.4, 0.5) is 0 Å². The Balaban J connectivity index is 1.88. The first kappa shape index (κ1) is 19.9. The number of aryl methyl sites for hydroxylation is 1. The Morgan fingerprint density at radius 3 is 2.24 bits per heavy atom. The third-order valence-electron chi connectivity index (χ3n) is 4.88. The number of carbonyl (C=O) groups is 1. The number of hydrogen-bond acceptors (Lipinski definition) is 3. The zero-order valence-corrected chi connectivity index (χ0v) is 16.1. The third kappa shape index (κ3) is 5.54. The molecule has 5 nitrogen and oxygen atoms in total. The summed E-state index contributed by atoms with van der Waals surface area (Å²) in [5.74, 6) is 0.0896. The Labute approximate surface area is 151 Å². The van der Waals surface area contributed by atoms with Gasteiger partial charge in [-0.25, -0.2) is 8.42 Å². The summed E-state index contributed by atoms with van der Waals surface area (Å²) in [5, 5.41) is 3.11. The van der Waals surface area contributed by atoms with Gasteiger partial charge in [-0.3, -0.25) is 4.79 Å². The van der Waals surface area contributed by atoms with Gasteiger partial charge in [0.1, 0.15) is 0 Å². The Hall–Kier alpha value is -1.40. The maximum atomic E-state index is 12.5. The van der Waals surface area contributed by atoms with Crippen LogP contribution in [0.1, 0.15) is 57.9 Å². The van der Waals surface area contributed by atoms with Crippen LogP contribution in [-0.4, -0.2) is 37.8 Å². The molecule has 2 rings (SSSR count). The van der Waals surface area contributed by atoms with E-state index in [2.05, 4.69) is 5.32 Å². The van der Waals surface area contributed by atoms with Gasteiger partial charge >= 0.3 is 0 Å². The minimum absolute atomic E-state index is 0.0896. The van der Waals surface area contributed by atoms with Crippen molar-refractivity contribution in [1.82, 2.24) is 9.62 Å². The van der Waals surface area contributed by atoms with E-state index in [4.69, 9.17) is 0 Å². The average molecular weight is 367 g/mol. The molecule has 1 aliphatic rings. The quantitative estimate of drug-likeness (QED) is 0.769. The summed E-state index contributed by atoms with van der Waals surface area (Å²) in [6, 6.07) is 7.24. The molecular formula is C19H30N2O3S. The molecule has 0 spiro atoms. The van der Waals surface area contributed by atoms with Crippen molar-refractivity contribution >= 4 is 15.9 Å². The molecule has 1 saturated carbocycles. The molecule has 1 fully saturated rings. The van der Waals surface area contributed by atoms with E-state index >= 15 is 0 Å². The topological polar surface area (TPSA) is 66.5 Å². The molecule has 0 radical (unpaired) electrons. The van der Waals surface area contributed by atoms with Crippen LogP contribution in [0.25, 0.3) is 0 Å². The van der Waals surface area contributed by atoms with Crippen LogP contribution >= 0.6 is 0 Å². The van der Waals surface area contributed by atoms with Gasteiger partial charge < -0.3 is 5.32 Å². The van der Waals surface area contributed by atoms with E-state index in [9.17, 15) is 13.2 Å². The molecule has 25 heavy (non-hydrogen) atoms. The molecule has 1 aromatic rings. The molecule has 1 aromatic carbocycles. The summed E-state index contributed by atoms with van der Waals surface area (Å²) in [4.78, 5) is 12.4. The smallest absolute Gasteiger partial charge is 0.243 e. The van der Waals surface area contributed by atoms with E-state index in [0.717, 1.165) is 18.4 Å². The van der Waals surface area contributed by atoms with Crippen molar-refractivity contribution < 1.29 is 13.2 Å². The number of nitrogens with zero attached hydrogens (tertiary/aromatic N) is 1. The van der Waals surface area contributed by atoms with Crippen LogP contribution in [-0.2, 0) is 21.2 Å². The lowest BCUT2D eigenvalue weighted by Gasteiger charge is -2.22. The van der Waals surface area contributed by atoms with Crippen LogP contribution in [0, 0.1) is 0 Å². The first-order valence-corrected chi connectivity index (χ1v) is 10.8. The normalized spacial score (nSPS) is 16.1. The first-order chi connectivity index (χ1) is 12.0. The van der Waals surface area contributed by atoms with Crippen molar-refractivity contribution in [2.45, 2.75) is 69.7 Å². The molecular weight excluding hydrogens is 336 g/mol. The Kier molecular flexibility index (Phi) is 7.44. The second-order valence-electron chi connectivity index (χ2n) is 6.64. The second kappa shape index (κ2) is 9.34. The van der Waals surface area contributed by atoms with Crippen LogP contribution in [0.2, 0.25) is 0 Å². The molecule has 0 aromatic heterocycles. The van der Waals surface area contributed by atoms with Crippen molar-refractivity contribution in [3.63, 3.8) is 0 Å². The molecule has 6 heteroatoms. The van der Waals surface area contributed by atoms with Crippen LogP contribution in [0.5, 0.6) is 0 Å². The fourth-order valence-corrected chi connectivity index (χ4v) is 4.80. The number of rotatable bonds is 8. The fraction of sp³-hybridized carbons (Fsp3) is 0.632. The Morgan fingerprint density at radius 1 is 1.08 bits per heavy atom. The predicted octanol–water partition coefficient (Wildman–Crippen LogP) is 3.10. The van der Waals surface area contributed by atoms with Gasteiger partial charge in [0.25, 0.3) is 0 Å². The largest absolute Gasteiger partial charge is 0.353 e. The van der Waals surface area contributed by atoms with Gasteiger partial charge in [0, 0.05) is 25.6 Å². The van der Waals surface area contributed by atoms with Crippen molar-refractivity contribution in [1.29, 1.82) is 0 Å². The lowest BCUT2D eigenvalue weighted by Crippen LogP contribution is -2.36. The minimum atomic E-state index is -3.41. The van der Waals surface area contributed by atoms with Gasteiger partial charge in [-0.2, -0.15) is 4.31 Å². The lowest BCUT2D eigenvalue weighted by atomic mass is 9.95. The van der Waals surface area contributed by atoms with Crippen molar-refractivity contribution in [2.75, 3.05) is 13.1 Å². The van der Waals surface area contributed by atoms with Crippen molar-refractivity contribution in [3.8, 4) is 0 Å². The summed E-state index contributed by atoms with van der Waals surface area (Å²) >= 11 is 0. The summed E-state index contributed by atoms with van der Waals surface area (Å²) in [7, 11) is -3.41. The maximum absolute atomic E-state index is 12.5. The van der Waals surface area contributed by atoms with Crippen LogP contribution < -0.4 is 5.32 Å². The van der Waals surface area contributed by atoms with Crippen LogP contribution in [0.15, 0.2) is 29.2 Å². The highest BCUT2D eigenvalue weighted by Gasteiger charge is 2.21. The molecule has 1 aliphatic carbocycles. The standard InChI is InChI=1S/C19H30N2O3S/c1-3-21(4-2)25(23,24)18-13-10-16(11-14-18)12-15-19(22)20-17-8-6-5-7-9-17/h10-11,13-14,17H,3-9,12,15H2,1-2H3,(H,20,22). The maximum Gasteiger partial charge on any atom is 0.243 e. The van der Waals surface area contributed by atoms with Gasteiger partial charge in [0.2, 0.25) is 15.9 Å². The third-order valence-corrected chi connectivity index (χ3v) is 6.94. The van der Waals surface area contributed by atoms with E-state index in [0.29, 0.717) is 36.9 Å². The fourth-order valence-electron chi connectivity index (χ4n) is 3.35. The van der Waals surface area contributed by atoms with E-state index in [1.54, 1.807) is 12.1 Å². The van der Waals surface area contributed by atoms with Gasteiger partial charge in [-0.1, -0.05) is 45.2 Å². The lowest BCUT2D eigenvalue weighted by molar-refractivity contribution is -0.121. The number of hydrogen-bond donors (Lipinski definition) is 1. The van der Waals surface area contributed by atoms with Gasteiger partial charge in [0.05, 0.1) is 4.90 Å². The summed E-state index contributed by atoms with van der Waals surface area (Å²) in [6.07, 6.45) is 6.92. The molecule has 0 heterocycles. The van der Waals surface area contributed by atoms with E-state index in [-0.39, 0.29) is 5.91 Å². The Bertz CT molecular complexity index is 646. The molecule has 0 saturated heterocycles. The number of sulfonamides is 1. The highest BCUT2D eigenvalue weighted by Crippen LogP contribution is 2.18. The van der Waals surface area contributed by atoms with E-state index in [1.165, 1.54) is 23.6 Å². The van der Waals surface area contributed by atoms with E-state index < -0.39 is 10.0 Å². The van der Waals surface area contributed by atoms with Gasteiger partial charge in [-0.15, -0.1) is 0 Å². The Morgan fingerprint density at radius 2 is 1.68 bits per heavy atom. The predicted molar refractivity (Wildman–Crippen MR) is 99.9 cm³/mol. The van der Waals surface area contributed by atoms with E-state index in [1.807, 2.05) is 26.0 Å². The number of nitrogens with one attached hydrogen (secondary N) is 1. The molecule has 0 aliphatic heterocycles. The minimum Gasteiger partial charge on any atom is -0.353 e. The monoisotopic (exact) mass is 366 g/mol. The van der Waals surface area contributed by atoms with Crippen molar-refractivity contribution in [3.05, 3.63) is 29.8 Å². The van der Waals surface area contributed by atoms with Gasteiger partial charge in [0.15, 0.2) is 0 Å². The summed E-state index contributed by atoms with van der Waals surface area (Å²) in [5.41, 5.74) is 0.984. The second-order valence-corrected chi connectivity index (χ2v) is 8.57. The number of amides is 1. The van der Waals surface area contributed by atoms with Crippen LogP contribution in [0.3, 0.4) is 0 Å². The first-order valence-electron chi connectivity index (χ1n) is 9.35. The SMILES string of the molecule is CCN(CC)S(=O)(=O)c1ccc(CCC(=O)NC2CCCCC2)cc1. The summed E-state index contributed by atoms with van der Waals surface area (Å²) in [6.45, 7) is 4.59. The molecule has 0 bridgehead atoms. The average Bonchev–Trinajstić information content (AvgIpc) is 2.62. The summed E-state index contributed by atoms with van der Waals surface area (Å²) < 4.78 is 26.4. The highest BCUT2D eigenvalue weighted by molar-refractivity contribution is 7.89. The van der Waals surface area contributed by atoms with Crippen molar-refractivity contribution in [2.24, 2.45) is 0 Å². The number of carbonyl (C=O) groups excluding carboxylic acids is 1. The molecule has 1 N–H and O–H groups in total. The zero-order chi connectivity index (χ0) is 18.3. The molecule has 1 amide bonds. The zero-order valence-electron chi connectivity index (χ0n) is 15.3. The molecule has 140 valence electrons. The van der Waals surface area contributed by atoms with Gasteiger partial charge in [-0.05, 0) is 37.0 Å².